The number of alkyl halides is 1. The molecule has 1 heterocycles. The first-order valence-corrected chi connectivity index (χ1v) is 4.64. The van der Waals surface area contributed by atoms with E-state index in [-0.39, 0.29) is 0 Å². The van der Waals surface area contributed by atoms with Gasteiger partial charge in [-0.15, -0.1) is 11.6 Å². The predicted molar refractivity (Wildman–Crippen MR) is 49.1 cm³/mol. The van der Waals surface area contributed by atoms with Crippen molar-refractivity contribution in [3.05, 3.63) is 12.2 Å². The molecule has 0 N–H and O–H groups in total. The van der Waals surface area contributed by atoms with Crippen molar-refractivity contribution in [3.8, 4) is 0 Å². The van der Waals surface area contributed by atoms with Gasteiger partial charge in [0, 0.05) is 0 Å². The highest BCUT2D eigenvalue weighted by Crippen LogP contribution is 2.17. The highest BCUT2D eigenvalue weighted by atomic mass is 35.5. The van der Waals surface area contributed by atoms with Crippen LogP contribution in [0.25, 0.3) is 0 Å². The lowest BCUT2D eigenvalue weighted by Crippen LogP contribution is -2.15. The van der Waals surface area contributed by atoms with Crippen LogP contribution in [0.4, 0.5) is 0 Å². The third kappa shape index (κ3) is 1.78. The fourth-order valence-electron chi connectivity index (χ4n) is 0.992. The maximum absolute atomic E-state index is 5.70. The second-order valence-corrected chi connectivity index (χ2v) is 3.51. The fourth-order valence-corrected chi connectivity index (χ4v) is 1.18. The van der Waals surface area contributed by atoms with E-state index in [9.17, 15) is 0 Å². The molecular formula is C8H14ClN3. The van der Waals surface area contributed by atoms with Gasteiger partial charge in [-0.05, 0) is 12.8 Å². The van der Waals surface area contributed by atoms with Gasteiger partial charge in [0.15, 0.2) is 0 Å². The minimum absolute atomic E-state index is 0.362. The standard InChI is InChI=1S/C8H14ClN3/c1-6(2)7(3)12-8(4-9)10-5-11-12/h5-7H,4H2,1-3H3. The summed E-state index contributed by atoms with van der Waals surface area (Å²) in [5.74, 6) is 1.82. The van der Waals surface area contributed by atoms with E-state index in [0.717, 1.165) is 5.82 Å². The molecule has 0 saturated carbocycles. The van der Waals surface area contributed by atoms with Gasteiger partial charge in [0.05, 0.1) is 11.9 Å². The van der Waals surface area contributed by atoms with E-state index in [4.69, 9.17) is 11.6 Å². The Bertz CT molecular complexity index is 244. The first-order chi connectivity index (χ1) is 5.66. The minimum Gasteiger partial charge on any atom is -0.246 e. The lowest BCUT2D eigenvalue weighted by molar-refractivity contribution is 0.366. The van der Waals surface area contributed by atoms with Crippen molar-refractivity contribution in [2.75, 3.05) is 0 Å². The molecule has 3 nitrogen and oxygen atoms in total. The van der Waals surface area contributed by atoms with Crippen molar-refractivity contribution in [1.82, 2.24) is 14.8 Å². The van der Waals surface area contributed by atoms with Crippen LogP contribution in [0.3, 0.4) is 0 Å². The molecule has 0 bridgehead atoms. The summed E-state index contributed by atoms with van der Waals surface area (Å²) >= 11 is 5.70. The maximum atomic E-state index is 5.70. The molecule has 1 aromatic heterocycles. The SMILES string of the molecule is CC(C)C(C)n1ncnc1CCl. The van der Waals surface area contributed by atoms with Gasteiger partial charge >= 0.3 is 0 Å². The number of rotatable bonds is 3. The lowest BCUT2D eigenvalue weighted by atomic mass is 10.1. The summed E-state index contributed by atoms with van der Waals surface area (Å²) < 4.78 is 1.89. The quantitative estimate of drug-likeness (QED) is 0.680. The Morgan fingerprint density at radius 3 is 2.67 bits per heavy atom. The second kappa shape index (κ2) is 3.90. The second-order valence-electron chi connectivity index (χ2n) is 3.24. The Morgan fingerprint density at radius 1 is 1.50 bits per heavy atom. The summed E-state index contributed by atoms with van der Waals surface area (Å²) in [7, 11) is 0. The van der Waals surface area contributed by atoms with E-state index in [2.05, 4.69) is 30.9 Å². The maximum Gasteiger partial charge on any atom is 0.142 e. The first-order valence-electron chi connectivity index (χ1n) is 4.11. The van der Waals surface area contributed by atoms with E-state index in [1.165, 1.54) is 0 Å². The summed E-state index contributed by atoms with van der Waals surface area (Å²) in [5.41, 5.74) is 0. The molecule has 0 amide bonds. The molecule has 0 aliphatic heterocycles. The zero-order valence-corrected chi connectivity index (χ0v) is 8.41. The van der Waals surface area contributed by atoms with Crippen molar-refractivity contribution in [2.45, 2.75) is 32.7 Å². The number of hydrogen-bond donors (Lipinski definition) is 0. The molecule has 1 atom stereocenters. The highest BCUT2D eigenvalue weighted by molar-refractivity contribution is 6.16. The Hall–Kier alpha value is -0.570. The number of hydrogen-bond acceptors (Lipinski definition) is 2. The van der Waals surface area contributed by atoms with Crippen LogP contribution in [0.5, 0.6) is 0 Å². The predicted octanol–water partition coefficient (Wildman–Crippen LogP) is 2.23. The van der Waals surface area contributed by atoms with Gasteiger partial charge in [0.25, 0.3) is 0 Å². The van der Waals surface area contributed by atoms with E-state index >= 15 is 0 Å². The Morgan fingerprint density at radius 2 is 2.17 bits per heavy atom. The largest absolute Gasteiger partial charge is 0.246 e. The van der Waals surface area contributed by atoms with E-state index in [1.807, 2.05) is 4.68 Å². The molecule has 0 radical (unpaired) electrons. The van der Waals surface area contributed by atoms with Crippen LogP contribution in [0, 0.1) is 5.92 Å². The average Bonchev–Trinajstić information content (AvgIpc) is 2.49. The van der Waals surface area contributed by atoms with Crippen molar-refractivity contribution in [2.24, 2.45) is 5.92 Å². The van der Waals surface area contributed by atoms with Crippen LogP contribution in [-0.2, 0) is 5.88 Å². The Kier molecular flexibility index (Phi) is 3.09. The van der Waals surface area contributed by atoms with Crippen molar-refractivity contribution < 1.29 is 0 Å². The number of nitrogens with zero attached hydrogens (tertiary/aromatic N) is 3. The van der Waals surface area contributed by atoms with Gasteiger partial charge < -0.3 is 0 Å². The molecule has 0 spiro atoms. The fraction of sp³-hybridized carbons (Fsp3) is 0.750. The van der Waals surface area contributed by atoms with Crippen LogP contribution in [-0.4, -0.2) is 14.8 Å². The third-order valence-electron chi connectivity index (χ3n) is 2.12. The van der Waals surface area contributed by atoms with Crippen molar-refractivity contribution in [1.29, 1.82) is 0 Å². The summed E-state index contributed by atoms with van der Waals surface area (Å²) in [5, 5.41) is 4.13. The summed E-state index contributed by atoms with van der Waals surface area (Å²) in [4.78, 5) is 4.06. The lowest BCUT2D eigenvalue weighted by Gasteiger charge is -2.16. The van der Waals surface area contributed by atoms with Crippen LogP contribution >= 0.6 is 11.6 Å². The van der Waals surface area contributed by atoms with Gasteiger partial charge in [-0.2, -0.15) is 5.10 Å². The molecule has 0 aromatic carbocycles. The van der Waals surface area contributed by atoms with Crippen LogP contribution in [0.1, 0.15) is 32.6 Å². The Labute approximate surface area is 77.8 Å². The summed E-state index contributed by atoms with van der Waals surface area (Å²) in [6.45, 7) is 6.43. The average molecular weight is 188 g/mol. The molecule has 1 unspecified atom stereocenters. The third-order valence-corrected chi connectivity index (χ3v) is 2.36. The van der Waals surface area contributed by atoms with E-state index in [0.29, 0.717) is 17.8 Å². The smallest absolute Gasteiger partial charge is 0.142 e. The molecule has 4 heteroatoms. The number of aromatic nitrogens is 3. The van der Waals surface area contributed by atoms with Gasteiger partial charge in [0.1, 0.15) is 12.2 Å². The Balaban J connectivity index is 2.86. The molecule has 0 aliphatic carbocycles. The molecule has 1 aromatic rings. The number of halogens is 1. The molecule has 12 heavy (non-hydrogen) atoms. The zero-order valence-electron chi connectivity index (χ0n) is 7.66. The zero-order chi connectivity index (χ0) is 9.14. The van der Waals surface area contributed by atoms with Crippen LogP contribution in [0.2, 0.25) is 0 Å². The molecule has 0 aliphatic rings. The molecule has 1 rings (SSSR count). The summed E-state index contributed by atoms with van der Waals surface area (Å²) in [6, 6.07) is 0.362. The van der Waals surface area contributed by atoms with Gasteiger partial charge in [-0.3, -0.25) is 0 Å². The monoisotopic (exact) mass is 187 g/mol. The van der Waals surface area contributed by atoms with E-state index in [1.54, 1.807) is 6.33 Å². The topological polar surface area (TPSA) is 30.7 Å². The molecule has 68 valence electrons. The molecule has 0 fully saturated rings. The van der Waals surface area contributed by atoms with Crippen LogP contribution in [0.15, 0.2) is 6.33 Å². The van der Waals surface area contributed by atoms with Gasteiger partial charge in [-0.25, -0.2) is 9.67 Å². The van der Waals surface area contributed by atoms with E-state index < -0.39 is 0 Å². The summed E-state index contributed by atoms with van der Waals surface area (Å²) in [6.07, 6.45) is 1.55. The molecule has 0 saturated heterocycles. The van der Waals surface area contributed by atoms with Crippen molar-refractivity contribution >= 4 is 11.6 Å². The van der Waals surface area contributed by atoms with Crippen LogP contribution < -0.4 is 0 Å². The van der Waals surface area contributed by atoms with Crippen molar-refractivity contribution in [3.63, 3.8) is 0 Å². The van der Waals surface area contributed by atoms with Gasteiger partial charge in [0.2, 0.25) is 0 Å². The highest BCUT2D eigenvalue weighted by Gasteiger charge is 2.13. The normalized spacial score (nSPS) is 13.8. The minimum atomic E-state index is 0.362. The first kappa shape index (κ1) is 9.52. The van der Waals surface area contributed by atoms with Gasteiger partial charge in [-0.1, -0.05) is 13.8 Å². The molecular weight excluding hydrogens is 174 g/mol.